The van der Waals surface area contributed by atoms with Gasteiger partial charge < -0.3 is 19.0 Å². The van der Waals surface area contributed by atoms with E-state index in [1.165, 1.54) is 17.0 Å². The molecule has 43 heavy (non-hydrogen) atoms. The van der Waals surface area contributed by atoms with E-state index >= 15 is 0 Å². The van der Waals surface area contributed by atoms with Gasteiger partial charge in [0.1, 0.15) is 22.8 Å². The molecule has 2 aromatic carbocycles. The normalized spacial score (nSPS) is 13.8. The van der Waals surface area contributed by atoms with Crippen molar-refractivity contribution >= 4 is 31.0 Å². The van der Waals surface area contributed by atoms with Crippen molar-refractivity contribution < 1.29 is 23.1 Å². The quantitative estimate of drug-likeness (QED) is 0.225. The Bertz CT molecular complexity index is 1510. The van der Waals surface area contributed by atoms with E-state index in [1.807, 2.05) is 6.07 Å². The maximum Gasteiger partial charge on any atom is 0.265 e. The Morgan fingerprint density at radius 3 is 2.14 bits per heavy atom. The number of amides is 2. The summed E-state index contributed by atoms with van der Waals surface area (Å²) in [6.45, 7) is 17.1. The molecule has 0 fully saturated rings. The van der Waals surface area contributed by atoms with E-state index in [-0.39, 0.29) is 34.3 Å². The highest BCUT2D eigenvalue weighted by molar-refractivity contribution is 6.78. The fraction of sp³-hybridized carbons (Fsp3) is 0.500. The van der Waals surface area contributed by atoms with Crippen LogP contribution in [-0.4, -0.2) is 61.7 Å². The van der Waals surface area contributed by atoms with Gasteiger partial charge in [-0.15, -0.1) is 0 Å². The van der Waals surface area contributed by atoms with Crippen LogP contribution in [0.5, 0.6) is 11.5 Å². The first kappa shape index (κ1) is 32.5. The molecule has 7 nitrogen and oxygen atoms in total. The number of fused-ring (bicyclic) bond motifs is 2. The van der Waals surface area contributed by atoms with Crippen molar-refractivity contribution in [2.75, 3.05) is 21.1 Å². The van der Waals surface area contributed by atoms with E-state index in [4.69, 9.17) is 14.1 Å². The minimum absolute atomic E-state index is 0.148. The maximum atomic E-state index is 13.8. The second-order valence-electron chi connectivity index (χ2n) is 13.4. The highest BCUT2D eigenvalue weighted by Crippen LogP contribution is 2.50. The van der Waals surface area contributed by atoms with Gasteiger partial charge in [0.15, 0.2) is 5.60 Å². The summed E-state index contributed by atoms with van der Waals surface area (Å²) in [6.07, 6.45) is 2.31. The molecule has 0 N–H and O–H groups in total. The Balaban J connectivity index is 2.04. The van der Waals surface area contributed by atoms with Crippen molar-refractivity contribution in [3.63, 3.8) is 0 Å². The molecule has 4 rings (SSSR count). The molecule has 1 aliphatic rings. The molecule has 0 spiro atoms. The number of hydrogen-bond acceptors (Lipinski definition) is 5. The lowest BCUT2D eigenvalue weighted by molar-refractivity contribution is -0.142. The number of ether oxygens (including phenoxy) is 1. The minimum atomic E-state index is -2.50. The first-order chi connectivity index (χ1) is 20.0. The van der Waals surface area contributed by atoms with E-state index in [2.05, 4.69) is 41.5 Å². The molecule has 0 aliphatic carbocycles. The number of benzene rings is 2. The molecule has 3 aromatic rings. The van der Waals surface area contributed by atoms with Gasteiger partial charge in [0.25, 0.3) is 20.1 Å². The maximum absolute atomic E-state index is 13.8. The first-order valence-electron chi connectivity index (χ1n) is 15.1. The van der Waals surface area contributed by atoms with E-state index in [0.717, 1.165) is 11.1 Å². The van der Waals surface area contributed by atoms with Crippen LogP contribution >= 0.6 is 0 Å². The van der Waals surface area contributed by atoms with Crippen LogP contribution in [0.4, 0.5) is 4.39 Å². The number of likely N-dealkylation sites (N-methyl/N-ethyl adjacent to an activating group) is 1. The zero-order valence-electron chi connectivity index (χ0n) is 27.5. The fourth-order valence-corrected chi connectivity index (χ4v) is 12.0. The summed E-state index contributed by atoms with van der Waals surface area (Å²) in [5.74, 6) is 0.343. The van der Waals surface area contributed by atoms with Crippen molar-refractivity contribution in [2.24, 2.45) is 0 Å². The van der Waals surface area contributed by atoms with Crippen molar-refractivity contribution in [1.82, 2.24) is 14.8 Å². The highest BCUT2D eigenvalue weighted by atomic mass is 28.4. The van der Waals surface area contributed by atoms with Crippen LogP contribution in [0.1, 0.15) is 82.4 Å². The molecule has 1 aliphatic heterocycles. The number of carbonyl (C=O) groups is 2. The number of hydrogen-bond donors (Lipinski definition) is 0. The molecular formula is C34H46FN3O4Si. The van der Waals surface area contributed by atoms with Gasteiger partial charge in [0, 0.05) is 38.3 Å². The van der Waals surface area contributed by atoms with E-state index in [9.17, 15) is 14.0 Å². The number of pyridine rings is 1. The van der Waals surface area contributed by atoms with Crippen LogP contribution in [0.3, 0.4) is 0 Å². The molecule has 0 atom stereocenters. The van der Waals surface area contributed by atoms with Gasteiger partial charge in [0.2, 0.25) is 0 Å². The third-order valence-electron chi connectivity index (χ3n) is 8.75. The predicted molar refractivity (Wildman–Crippen MR) is 172 cm³/mol. The predicted octanol–water partition coefficient (Wildman–Crippen LogP) is 7.35. The molecule has 0 radical (unpaired) electrons. The molecule has 2 amide bonds. The zero-order chi connectivity index (χ0) is 32.0. The summed E-state index contributed by atoms with van der Waals surface area (Å²) < 4.78 is 27.5. The second-order valence-corrected chi connectivity index (χ2v) is 18.8. The molecular weight excluding hydrogens is 561 g/mol. The minimum Gasteiger partial charge on any atom is -0.541 e. The zero-order valence-corrected chi connectivity index (χ0v) is 28.5. The van der Waals surface area contributed by atoms with E-state index < -0.39 is 13.9 Å². The first-order valence-corrected chi connectivity index (χ1v) is 17.2. The van der Waals surface area contributed by atoms with Crippen LogP contribution in [0, 0.1) is 5.82 Å². The van der Waals surface area contributed by atoms with Gasteiger partial charge in [-0.2, -0.15) is 0 Å². The summed E-state index contributed by atoms with van der Waals surface area (Å²) >= 11 is 0. The Hall–Kier alpha value is -3.46. The molecule has 0 saturated heterocycles. The smallest absolute Gasteiger partial charge is 0.265 e. The molecule has 9 heteroatoms. The SMILES string of the molecule is CC(C)[Si](Oc1c2c(c(OC(C)(C)C(=O)N(C)C)c3cc(Cc4ccc(F)cc4)cnc13)CN(C)C2=O)(C(C)C)C(C)C. The number of halogens is 1. The lowest BCUT2D eigenvalue weighted by Crippen LogP contribution is -2.51. The number of carbonyl (C=O) groups excluding carboxylic acids is 2. The van der Waals surface area contributed by atoms with Crippen LogP contribution in [-0.2, 0) is 17.8 Å². The Morgan fingerprint density at radius 2 is 1.60 bits per heavy atom. The monoisotopic (exact) mass is 607 g/mol. The van der Waals surface area contributed by atoms with Gasteiger partial charge in [-0.1, -0.05) is 53.7 Å². The molecule has 0 saturated carbocycles. The molecule has 0 unspecified atom stereocenters. The van der Waals surface area contributed by atoms with Gasteiger partial charge >= 0.3 is 0 Å². The highest BCUT2D eigenvalue weighted by Gasteiger charge is 2.49. The van der Waals surface area contributed by atoms with Gasteiger partial charge in [0.05, 0.1) is 12.1 Å². The number of nitrogens with zero attached hydrogens (tertiary/aromatic N) is 3. The van der Waals surface area contributed by atoms with Gasteiger partial charge in [-0.25, -0.2) is 4.39 Å². The topological polar surface area (TPSA) is 72.0 Å². The largest absolute Gasteiger partial charge is 0.541 e. The van der Waals surface area contributed by atoms with Crippen LogP contribution in [0.25, 0.3) is 10.9 Å². The van der Waals surface area contributed by atoms with Crippen molar-refractivity contribution in [2.45, 2.75) is 90.6 Å². The second kappa shape index (κ2) is 11.9. The summed E-state index contributed by atoms with van der Waals surface area (Å²) in [5.41, 5.74) is 3.16. The van der Waals surface area contributed by atoms with Crippen LogP contribution < -0.4 is 9.16 Å². The van der Waals surface area contributed by atoms with Crippen molar-refractivity contribution in [3.8, 4) is 11.5 Å². The average molecular weight is 608 g/mol. The summed E-state index contributed by atoms with van der Waals surface area (Å²) in [4.78, 5) is 35.1. The third kappa shape index (κ3) is 5.88. The van der Waals surface area contributed by atoms with E-state index in [1.54, 1.807) is 58.2 Å². The average Bonchev–Trinajstić information content (AvgIpc) is 3.22. The lowest BCUT2D eigenvalue weighted by Gasteiger charge is -2.42. The Labute approximate surface area is 256 Å². The third-order valence-corrected chi connectivity index (χ3v) is 14.7. The van der Waals surface area contributed by atoms with Crippen molar-refractivity contribution in [3.05, 3.63) is 64.6 Å². The summed E-state index contributed by atoms with van der Waals surface area (Å²) in [6, 6.07) is 8.42. The van der Waals surface area contributed by atoms with Crippen molar-refractivity contribution in [1.29, 1.82) is 0 Å². The number of aromatic nitrogens is 1. The van der Waals surface area contributed by atoms with E-state index in [0.29, 0.717) is 46.5 Å². The standard InChI is InChI=1S/C34H46FN3O4Si/c1-20(2)43(21(3)4,22(5)6)42-31-28-27(19-38(11)32(28)39)30(41-34(7,8)33(40)37(9)10)26-17-24(18-36-29(26)31)16-23-12-14-25(35)15-13-23/h12-15,17-18,20-22H,16,19H2,1-11H3. The Morgan fingerprint density at radius 1 is 1.02 bits per heavy atom. The fourth-order valence-electron chi connectivity index (χ4n) is 6.79. The Kier molecular flexibility index (Phi) is 8.98. The van der Waals surface area contributed by atoms with Gasteiger partial charge in [-0.3, -0.25) is 14.6 Å². The molecule has 1 aromatic heterocycles. The lowest BCUT2D eigenvalue weighted by atomic mass is 9.98. The molecule has 0 bridgehead atoms. The molecule has 232 valence electrons. The van der Waals surface area contributed by atoms with Crippen LogP contribution in [0.2, 0.25) is 16.6 Å². The van der Waals surface area contributed by atoms with Gasteiger partial charge in [-0.05, 0) is 66.2 Å². The summed E-state index contributed by atoms with van der Waals surface area (Å²) in [5, 5.41) is 0.690. The number of rotatable bonds is 10. The van der Waals surface area contributed by atoms with Crippen LogP contribution in [0.15, 0.2) is 36.5 Å². The summed E-state index contributed by atoms with van der Waals surface area (Å²) in [7, 11) is 2.65. The molecule has 2 heterocycles.